The number of thioether (sulfide) groups is 1. The van der Waals surface area contributed by atoms with Gasteiger partial charge < -0.3 is 9.88 Å². The average Bonchev–Trinajstić information content (AvgIpc) is 3.23. The van der Waals surface area contributed by atoms with Crippen LogP contribution >= 0.6 is 46.3 Å². The average molecular weight is 453 g/mol. The Labute approximate surface area is 181 Å². The zero-order chi connectivity index (χ0) is 19.7. The quantitative estimate of drug-likeness (QED) is 0.467. The van der Waals surface area contributed by atoms with Crippen molar-refractivity contribution in [2.45, 2.75) is 42.6 Å². The first kappa shape index (κ1) is 19.8. The third-order valence-corrected chi connectivity index (χ3v) is 7.17. The number of halogens is 2. The Morgan fingerprint density at radius 3 is 2.86 bits per heavy atom. The van der Waals surface area contributed by atoms with E-state index in [1.165, 1.54) is 16.6 Å². The molecule has 1 N–H and O–H groups in total. The molecule has 0 aliphatic heterocycles. The van der Waals surface area contributed by atoms with E-state index in [2.05, 4.69) is 31.5 Å². The van der Waals surface area contributed by atoms with E-state index < -0.39 is 0 Å². The van der Waals surface area contributed by atoms with E-state index >= 15 is 0 Å². The van der Waals surface area contributed by atoms with Gasteiger partial charge in [-0.25, -0.2) is 0 Å². The Balaban J connectivity index is 1.48. The molecular weight excluding hydrogens is 435 g/mol. The molecule has 4 rings (SSSR count). The second kappa shape index (κ2) is 8.45. The van der Waals surface area contributed by atoms with Crippen molar-refractivity contribution in [1.29, 1.82) is 0 Å². The number of nitrogens with zero attached hydrogens (tertiary/aromatic N) is 3. The summed E-state index contributed by atoms with van der Waals surface area (Å²) in [7, 11) is 0. The number of rotatable bonds is 7. The van der Waals surface area contributed by atoms with Crippen LogP contribution in [0.1, 0.15) is 36.5 Å². The second-order valence-electron chi connectivity index (χ2n) is 6.61. The number of hydrogen-bond acceptors (Lipinski definition) is 5. The third kappa shape index (κ3) is 4.38. The minimum Gasteiger partial charge on any atom is -0.324 e. The molecule has 1 aliphatic rings. The highest BCUT2D eigenvalue weighted by atomic mass is 35.5. The molecule has 0 unspecified atom stereocenters. The maximum Gasteiger partial charge on any atom is 0.237 e. The van der Waals surface area contributed by atoms with Crippen LogP contribution in [0.15, 0.2) is 40.9 Å². The predicted molar refractivity (Wildman–Crippen MR) is 116 cm³/mol. The van der Waals surface area contributed by atoms with Gasteiger partial charge in [0.2, 0.25) is 5.91 Å². The highest BCUT2D eigenvalue weighted by Gasteiger charge is 2.31. The summed E-state index contributed by atoms with van der Waals surface area (Å²) in [6, 6.07) is 9.75. The fourth-order valence-corrected chi connectivity index (χ4v) is 4.81. The van der Waals surface area contributed by atoms with Gasteiger partial charge in [-0.2, -0.15) is 0 Å². The van der Waals surface area contributed by atoms with Gasteiger partial charge in [0.1, 0.15) is 5.82 Å². The number of nitrogens with one attached hydrogen (secondary N) is 1. The molecular formula is C19H18Cl2N4OS2. The smallest absolute Gasteiger partial charge is 0.237 e. The molecule has 2 heterocycles. The lowest BCUT2D eigenvalue weighted by molar-refractivity contribution is -0.115. The first-order valence-electron chi connectivity index (χ1n) is 8.90. The lowest BCUT2D eigenvalue weighted by Crippen LogP contribution is -2.23. The molecule has 1 aromatic carbocycles. The first-order chi connectivity index (χ1) is 13.5. The maximum atomic E-state index is 12.7. The molecule has 1 fully saturated rings. The molecule has 0 radical (unpaired) electrons. The molecule has 28 heavy (non-hydrogen) atoms. The maximum absolute atomic E-state index is 12.7. The Bertz CT molecular complexity index is 986. The number of thiophene rings is 1. The third-order valence-electron chi connectivity index (χ3n) is 4.42. The predicted octanol–water partition coefficient (Wildman–Crippen LogP) is 5.69. The van der Waals surface area contributed by atoms with Gasteiger partial charge in [-0.05, 0) is 43.3 Å². The van der Waals surface area contributed by atoms with Crippen molar-refractivity contribution in [1.82, 2.24) is 14.8 Å². The summed E-state index contributed by atoms with van der Waals surface area (Å²) < 4.78 is 2.19. The SMILES string of the molecule is C[C@H](Sc1nnc(Cc2cccs2)n1C1CC1)C(=O)Nc1cccc(Cl)c1Cl. The summed E-state index contributed by atoms with van der Waals surface area (Å²) in [4.78, 5) is 13.9. The molecule has 1 saturated carbocycles. The van der Waals surface area contributed by atoms with Crippen molar-refractivity contribution >= 4 is 57.9 Å². The number of hydrogen-bond donors (Lipinski definition) is 1. The highest BCUT2D eigenvalue weighted by Crippen LogP contribution is 2.40. The molecule has 1 amide bonds. The van der Waals surface area contributed by atoms with Crippen molar-refractivity contribution in [2.75, 3.05) is 5.32 Å². The minimum atomic E-state index is -0.355. The Hall–Kier alpha value is -1.54. The van der Waals surface area contributed by atoms with Crippen LogP contribution < -0.4 is 5.32 Å². The van der Waals surface area contributed by atoms with Crippen LogP contribution in [0.4, 0.5) is 5.69 Å². The zero-order valence-corrected chi connectivity index (χ0v) is 18.2. The number of benzene rings is 1. The van der Waals surface area contributed by atoms with Crippen LogP contribution in [0.25, 0.3) is 0 Å². The molecule has 1 atom stereocenters. The normalized spacial score (nSPS) is 14.8. The minimum absolute atomic E-state index is 0.153. The standard InChI is InChI=1S/C19H18Cl2N4OS2/c1-11(18(26)22-15-6-2-5-14(20)17(15)21)28-19-24-23-16(25(19)12-7-8-12)10-13-4-3-9-27-13/h2-6,9,11-12H,7-8,10H2,1H3,(H,22,26)/t11-/m0/s1. The summed E-state index contributed by atoms with van der Waals surface area (Å²) in [5.74, 6) is 0.803. The number of anilines is 1. The number of carbonyl (C=O) groups excluding carboxylic acids is 1. The van der Waals surface area contributed by atoms with E-state index in [0.29, 0.717) is 21.8 Å². The zero-order valence-electron chi connectivity index (χ0n) is 15.1. The monoisotopic (exact) mass is 452 g/mol. The number of amides is 1. The van der Waals surface area contributed by atoms with Gasteiger partial charge in [-0.3, -0.25) is 4.79 Å². The van der Waals surface area contributed by atoms with Crippen LogP contribution in [0.3, 0.4) is 0 Å². The topological polar surface area (TPSA) is 59.8 Å². The largest absolute Gasteiger partial charge is 0.324 e. The first-order valence-corrected chi connectivity index (χ1v) is 11.4. The van der Waals surface area contributed by atoms with Crippen molar-refractivity contribution in [3.05, 3.63) is 56.5 Å². The van der Waals surface area contributed by atoms with E-state index in [-0.39, 0.29) is 11.2 Å². The van der Waals surface area contributed by atoms with Gasteiger partial charge in [0.25, 0.3) is 0 Å². The molecule has 0 saturated heterocycles. The molecule has 5 nitrogen and oxygen atoms in total. The summed E-state index contributed by atoms with van der Waals surface area (Å²) in [5, 5.41) is 14.9. The van der Waals surface area contributed by atoms with Crippen molar-refractivity contribution in [3.63, 3.8) is 0 Å². The highest BCUT2D eigenvalue weighted by molar-refractivity contribution is 8.00. The Kier molecular flexibility index (Phi) is 5.96. The number of aromatic nitrogens is 3. The molecule has 9 heteroatoms. The molecule has 0 bridgehead atoms. The van der Waals surface area contributed by atoms with Crippen LogP contribution in [0, 0.1) is 0 Å². The fourth-order valence-electron chi connectivity index (χ4n) is 2.82. The van der Waals surface area contributed by atoms with Crippen molar-refractivity contribution in [2.24, 2.45) is 0 Å². The van der Waals surface area contributed by atoms with Gasteiger partial charge >= 0.3 is 0 Å². The van der Waals surface area contributed by atoms with E-state index in [1.807, 2.05) is 13.0 Å². The van der Waals surface area contributed by atoms with Gasteiger partial charge in [0, 0.05) is 17.3 Å². The Morgan fingerprint density at radius 1 is 1.32 bits per heavy atom. The van der Waals surface area contributed by atoms with Crippen LogP contribution in [-0.4, -0.2) is 25.9 Å². The van der Waals surface area contributed by atoms with E-state index in [1.54, 1.807) is 29.5 Å². The second-order valence-corrected chi connectivity index (χ2v) is 9.73. The van der Waals surface area contributed by atoms with Gasteiger partial charge in [0.05, 0.1) is 21.0 Å². The van der Waals surface area contributed by atoms with Crippen LogP contribution in [-0.2, 0) is 11.2 Å². The van der Waals surface area contributed by atoms with E-state index in [0.717, 1.165) is 30.2 Å². The Morgan fingerprint density at radius 2 is 2.14 bits per heavy atom. The van der Waals surface area contributed by atoms with Gasteiger partial charge in [-0.15, -0.1) is 21.5 Å². The summed E-state index contributed by atoms with van der Waals surface area (Å²) >= 11 is 15.3. The summed E-state index contributed by atoms with van der Waals surface area (Å²) in [6.07, 6.45) is 3.02. The van der Waals surface area contributed by atoms with Gasteiger partial charge in [-0.1, -0.05) is 47.1 Å². The fraction of sp³-hybridized carbons (Fsp3) is 0.316. The molecule has 146 valence electrons. The van der Waals surface area contributed by atoms with Gasteiger partial charge in [0.15, 0.2) is 5.16 Å². The van der Waals surface area contributed by atoms with E-state index in [9.17, 15) is 4.79 Å². The molecule has 1 aliphatic carbocycles. The van der Waals surface area contributed by atoms with Crippen molar-refractivity contribution in [3.8, 4) is 0 Å². The molecule has 3 aromatic rings. The summed E-state index contributed by atoms with van der Waals surface area (Å²) in [6.45, 7) is 1.85. The van der Waals surface area contributed by atoms with Crippen molar-refractivity contribution < 1.29 is 4.79 Å². The lowest BCUT2D eigenvalue weighted by atomic mass is 10.3. The summed E-state index contributed by atoms with van der Waals surface area (Å²) in [5.41, 5.74) is 0.508. The lowest BCUT2D eigenvalue weighted by Gasteiger charge is -2.14. The van der Waals surface area contributed by atoms with E-state index in [4.69, 9.17) is 23.2 Å². The molecule has 0 spiro atoms. The van der Waals surface area contributed by atoms with Crippen LogP contribution in [0.5, 0.6) is 0 Å². The molecule has 2 aromatic heterocycles. The van der Waals surface area contributed by atoms with Crippen LogP contribution in [0.2, 0.25) is 10.0 Å². The number of carbonyl (C=O) groups is 1.